The Hall–Kier alpha value is -3.68. The van der Waals surface area contributed by atoms with Gasteiger partial charge < -0.3 is 30.7 Å². The van der Waals surface area contributed by atoms with Crippen molar-refractivity contribution in [3.05, 3.63) is 29.6 Å². The number of nitrogens with zero attached hydrogens (tertiary/aromatic N) is 4. The maximum Gasteiger partial charge on any atom is 0.271 e. The van der Waals surface area contributed by atoms with Crippen LogP contribution in [0.4, 0.5) is 23.0 Å². The van der Waals surface area contributed by atoms with Gasteiger partial charge in [0.25, 0.3) is 5.91 Å². The van der Waals surface area contributed by atoms with Crippen molar-refractivity contribution in [1.29, 1.82) is 0 Å². The number of hydroxylamine groups is 1. The van der Waals surface area contributed by atoms with E-state index in [9.17, 15) is 9.59 Å². The molecule has 13 heteroatoms. The molecular weight excluding hydrogens is 516 g/mol. The summed E-state index contributed by atoms with van der Waals surface area (Å²) in [4.78, 5) is 37.4. The Labute approximate surface area is 234 Å². The van der Waals surface area contributed by atoms with Crippen molar-refractivity contribution < 1.29 is 24.3 Å². The van der Waals surface area contributed by atoms with Crippen LogP contribution in [0.5, 0.6) is 5.75 Å². The minimum Gasteiger partial charge on any atom is -0.495 e. The number of amides is 2. The van der Waals surface area contributed by atoms with Crippen molar-refractivity contribution in [2.45, 2.75) is 45.1 Å². The minimum atomic E-state index is -0.652. The summed E-state index contributed by atoms with van der Waals surface area (Å²) in [7, 11) is 1.63. The van der Waals surface area contributed by atoms with Gasteiger partial charge in [-0.3, -0.25) is 19.7 Å². The molecule has 2 aliphatic heterocycles. The lowest BCUT2D eigenvalue weighted by molar-refractivity contribution is -0.129. The molecule has 2 aromatic rings. The van der Waals surface area contributed by atoms with Crippen molar-refractivity contribution >= 4 is 34.8 Å². The molecule has 6 N–H and O–H groups in total. The first-order chi connectivity index (χ1) is 19.4. The number of nitrogens with one attached hydrogen (secondary N) is 3. The Bertz CT molecular complexity index is 1170. The molecular formula is C27H40N8O5. The number of methoxy groups -OCH3 is 1. The molecule has 0 bridgehead atoms. The van der Waals surface area contributed by atoms with Crippen molar-refractivity contribution in [2.24, 2.45) is 5.73 Å². The maximum atomic E-state index is 12.3. The highest BCUT2D eigenvalue weighted by molar-refractivity contribution is 5.96. The van der Waals surface area contributed by atoms with Crippen LogP contribution >= 0.6 is 0 Å². The van der Waals surface area contributed by atoms with E-state index in [0.29, 0.717) is 55.4 Å². The summed E-state index contributed by atoms with van der Waals surface area (Å²) < 4.78 is 11.2. The number of primary amides is 1. The standard InChI is InChI=1S/C27H40N8O5/c1-3-20-26(29-18-8-15-40-16-9-18)32-27(24(31-20)25(28)37)30-19-6-7-21(22(17-19)39-2)35-13-11-34(12-14-35)10-4-5-23(36)33-38/h6-7,17-18,38H,3-5,8-16H2,1-2H3,(H2,28,37)(H,33,36)(H2,29,30,32). The van der Waals surface area contributed by atoms with Crippen LogP contribution < -0.4 is 31.5 Å². The summed E-state index contributed by atoms with van der Waals surface area (Å²) in [6.07, 6.45) is 3.34. The second kappa shape index (κ2) is 14.1. The Balaban J connectivity index is 1.47. The molecule has 13 nitrogen and oxygen atoms in total. The number of benzene rings is 1. The normalized spacial score (nSPS) is 16.4. The highest BCUT2D eigenvalue weighted by atomic mass is 16.5. The molecule has 1 aromatic carbocycles. The predicted octanol–water partition coefficient (Wildman–Crippen LogP) is 1.89. The fourth-order valence-electron chi connectivity index (χ4n) is 5.01. The molecule has 0 radical (unpaired) electrons. The van der Waals surface area contributed by atoms with Gasteiger partial charge in [0, 0.05) is 63.6 Å². The number of nitrogens with two attached hydrogens (primary N) is 1. The van der Waals surface area contributed by atoms with Crippen LogP contribution in [-0.4, -0.2) is 91.0 Å². The molecule has 2 amide bonds. The molecule has 0 unspecified atom stereocenters. The highest BCUT2D eigenvalue weighted by Gasteiger charge is 2.23. The fourth-order valence-corrected chi connectivity index (χ4v) is 5.01. The summed E-state index contributed by atoms with van der Waals surface area (Å²) in [6, 6.07) is 6.01. The molecule has 1 aromatic heterocycles. The first-order valence-electron chi connectivity index (χ1n) is 13.8. The average Bonchev–Trinajstić information content (AvgIpc) is 2.98. The van der Waals surface area contributed by atoms with Gasteiger partial charge in [0.2, 0.25) is 5.91 Å². The predicted molar refractivity (Wildman–Crippen MR) is 151 cm³/mol. The van der Waals surface area contributed by atoms with Gasteiger partial charge in [-0.25, -0.2) is 15.4 Å². The molecule has 3 heterocycles. The van der Waals surface area contributed by atoms with Gasteiger partial charge in [0.1, 0.15) is 5.75 Å². The third-order valence-electron chi connectivity index (χ3n) is 7.26. The van der Waals surface area contributed by atoms with E-state index < -0.39 is 5.91 Å². The third-order valence-corrected chi connectivity index (χ3v) is 7.26. The van der Waals surface area contributed by atoms with Crippen molar-refractivity contribution in [3.63, 3.8) is 0 Å². The van der Waals surface area contributed by atoms with E-state index in [-0.39, 0.29) is 23.5 Å². The molecule has 218 valence electrons. The minimum absolute atomic E-state index is 0.0880. The summed E-state index contributed by atoms with van der Waals surface area (Å²) in [5, 5.41) is 15.4. The maximum absolute atomic E-state index is 12.3. The smallest absolute Gasteiger partial charge is 0.271 e. The number of aryl methyl sites for hydroxylation is 1. The van der Waals surface area contributed by atoms with Crippen LogP contribution in [-0.2, 0) is 16.0 Å². The largest absolute Gasteiger partial charge is 0.495 e. The number of hydrogen-bond acceptors (Lipinski definition) is 11. The quantitative estimate of drug-likeness (QED) is 0.191. The number of hydrogen-bond donors (Lipinski definition) is 5. The van der Waals surface area contributed by atoms with Crippen LogP contribution in [0.3, 0.4) is 0 Å². The summed E-state index contributed by atoms with van der Waals surface area (Å²) in [6.45, 7) is 7.49. The number of aromatic nitrogens is 2. The second-order valence-electron chi connectivity index (χ2n) is 9.94. The Kier molecular flexibility index (Phi) is 10.3. The van der Waals surface area contributed by atoms with Crippen molar-refractivity contribution in [3.8, 4) is 5.75 Å². The van der Waals surface area contributed by atoms with E-state index in [2.05, 4.69) is 25.4 Å². The first-order valence-corrected chi connectivity index (χ1v) is 13.8. The van der Waals surface area contributed by atoms with E-state index in [1.807, 2.05) is 25.1 Å². The number of piperazine rings is 1. The summed E-state index contributed by atoms with van der Waals surface area (Å²) >= 11 is 0. The summed E-state index contributed by atoms with van der Waals surface area (Å²) in [5.41, 5.74) is 9.80. The number of carbonyl (C=O) groups is 2. The average molecular weight is 557 g/mol. The zero-order valence-corrected chi connectivity index (χ0v) is 23.2. The fraction of sp³-hybridized carbons (Fsp3) is 0.556. The van der Waals surface area contributed by atoms with Crippen LogP contribution in [0.25, 0.3) is 0 Å². The lowest BCUT2D eigenvalue weighted by atomic mass is 10.1. The van der Waals surface area contributed by atoms with Gasteiger partial charge in [0.15, 0.2) is 17.3 Å². The van der Waals surface area contributed by atoms with Crippen molar-refractivity contribution in [2.75, 3.05) is 68.6 Å². The van der Waals surface area contributed by atoms with Crippen molar-refractivity contribution in [1.82, 2.24) is 20.3 Å². The summed E-state index contributed by atoms with van der Waals surface area (Å²) in [5.74, 6) is 0.607. The SMILES string of the molecule is CCc1nc(C(N)=O)c(Nc2ccc(N3CCN(CCCC(=O)NO)CC3)c(OC)c2)nc1NC1CCOCC1. The Morgan fingerprint density at radius 1 is 1.15 bits per heavy atom. The van der Waals surface area contributed by atoms with Crippen LogP contribution in [0.15, 0.2) is 18.2 Å². The van der Waals surface area contributed by atoms with E-state index in [1.54, 1.807) is 12.6 Å². The number of rotatable bonds is 12. The lowest BCUT2D eigenvalue weighted by Gasteiger charge is -2.36. The molecule has 4 rings (SSSR count). The van der Waals surface area contributed by atoms with Crippen LogP contribution in [0, 0.1) is 0 Å². The van der Waals surface area contributed by atoms with E-state index in [4.69, 9.17) is 25.4 Å². The number of anilines is 4. The second-order valence-corrected chi connectivity index (χ2v) is 9.94. The Morgan fingerprint density at radius 3 is 2.55 bits per heavy atom. The van der Waals surface area contributed by atoms with Gasteiger partial charge in [-0.15, -0.1) is 0 Å². The Morgan fingerprint density at radius 2 is 1.90 bits per heavy atom. The van der Waals surface area contributed by atoms with Crippen LogP contribution in [0.2, 0.25) is 0 Å². The van der Waals surface area contributed by atoms with Gasteiger partial charge in [-0.1, -0.05) is 6.92 Å². The van der Waals surface area contributed by atoms with Gasteiger partial charge in [-0.05, 0) is 44.4 Å². The topological polar surface area (TPSA) is 167 Å². The van der Waals surface area contributed by atoms with Gasteiger partial charge in [-0.2, -0.15) is 0 Å². The first kappa shape index (κ1) is 29.3. The molecule has 0 saturated carbocycles. The van der Waals surface area contributed by atoms with Crippen LogP contribution in [0.1, 0.15) is 48.8 Å². The number of ether oxygens (including phenoxy) is 2. The molecule has 0 spiro atoms. The highest BCUT2D eigenvalue weighted by Crippen LogP contribution is 2.34. The lowest BCUT2D eigenvalue weighted by Crippen LogP contribution is -2.46. The van der Waals surface area contributed by atoms with Gasteiger partial charge in [0.05, 0.1) is 18.5 Å². The zero-order valence-electron chi connectivity index (χ0n) is 23.2. The molecule has 0 aliphatic carbocycles. The molecule has 2 aliphatic rings. The number of carbonyl (C=O) groups excluding carboxylic acids is 2. The van der Waals surface area contributed by atoms with E-state index in [1.165, 1.54) is 0 Å². The third kappa shape index (κ3) is 7.49. The molecule has 2 saturated heterocycles. The van der Waals surface area contributed by atoms with E-state index in [0.717, 1.165) is 51.3 Å². The molecule has 40 heavy (non-hydrogen) atoms. The molecule has 2 fully saturated rings. The molecule has 0 atom stereocenters. The van der Waals surface area contributed by atoms with E-state index >= 15 is 0 Å². The monoisotopic (exact) mass is 556 g/mol. The van der Waals surface area contributed by atoms with Gasteiger partial charge >= 0.3 is 0 Å². The zero-order chi connectivity index (χ0) is 28.5.